The first kappa shape index (κ1) is 22.7. The Balaban J connectivity index is 2.10. The summed E-state index contributed by atoms with van der Waals surface area (Å²) in [6.07, 6.45) is -4.83. The van der Waals surface area contributed by atoms with Gasteiger partial charge in [0.15, 0.2) is 5.96 Å². The number of hydrogen-bond acceptors (Lipinski definition) is 3. The van der Waals surface area contributed by atoms with Crippen LogP contribution in [-0.2, 0) is 15.7 Å². The summed E-state index contributed by atoms with van der Waals surface area (Å²) >= 11 is 0. The molecule has 31 heavy (non-hydrogen) atoms. The van der Waals surface area contributed by atoms with Crippen LogP contribution in [0.5, 0.6) is 5.75 Å². The Hall–Kier alpha value is -3.03. The zero-order valence-electron chi connectivity index (χ0n) is 18.1. The van der Waals surface area contributed by atoms with Crippen molar-refractivity contribution >= 4 is 11.9 Å². The Morgan fingerprint density at radius 2 is 1.71 bits per heavy atom. The summed E-state index contributed by atoms with van der Waals surface area (Å²) in [4.78, 5) is 14.5. The fraction of sp³-hybridized carbons (Fsp3) is 0.391. The van der Waals surface area contributed by atoms with E-state index in [1.807, 2.05) is 24.3 Å². The number of halogens is 3. The molecule has 2 aromatic carbocycles. The van der Waals surface area contributed by atoms with Crippen LogP contribution in [0.25, 0.3) is 0 Å². The van der Waals surface area contributed by atoms with Gasteiger partial charge in [-0.2, -0.15) is 0 Å². The van der Waals surface area contributed by atoms with Crippen molar-refractivity contribution in [1.82, 2.24) is 10.2 Å². The molecule has 2 aromatic rings. The Morgan fingerprint density at radius 3 is 2.26 bits per heavy atom. The topological polar surface area (TPSA) is 65.4 Å². The molecule has 3 rings (SSSR count). The Bertz CT molecular complexity index is 996. The molecule has 0 saturated carbocycles. The van der Waals surface area contributed by atoms with Gasteiger partial charge in [0, 0.05) is 7.05 Å². The van der Waals surface area contributed by atoms with Crippen LogP contribution < -0.4 is 10.1 Å². The molecular weight excluding hydrogens is 407 g/mol. The van der Waals surface area contributed by atoms with E-state index in [-0.39, 0.29) is 23.0 Å². The lowest BCUT2D eigenvalue weighted by Gasteiger charge is -2.46. The molecule has 166 valence electrons. The molecule has 2 atom stereocenters. The first-order valence-electron chi connectivity index (χ1n) is 9.83. The molecule has 1 heterocycles. The van der Waals surface area contributed by atoms with Gasteiger partial charge < -0.3 is 10.1 Å². The molecule has 1 aliphatic rings. The van der Waals surface area contributed by atoms with Crippen molar-refractivity contribution in [3.05, 3.63) is 65.2 Å². The van der Waals surface area contributed by atoms with Crippen LogP contribution in [0, 0.1) is 5.41 Å². The highest BCUT2D eigenvalue weighted by Gasteiger charge is 2.48. The number of nitrogens with one attached hydrogen (secondary N) is 2. The SMILES string of the molecule is CN1C(=N)N[C@](C)(c2cccc(OC(F)(F)F)c2)[C@H](c2ccc(C(C)(C)C)cc2)C1=O. The highest BCUT2D eigenvalue weighted by Crippen LogP contribution is 2.42. The molecule has 0 bridgehead atoms. The van der Waals surface area contributed by atoms with Crippen LogP contribution in [0.4, 0.5) is 13.2 Å². The highest BCUT2D eigenvalue weighted by atomic mass is 19.4. The number of carbonyl (C=O) groups is 1. The largest absolute Gasteiger partial charge is 0.573 e. The van der Waals surface area contributed by atoms with Crippen molar-refractivity contribution in [1.29, 1.82) is 5.41 Å². The number of amides is 1. The number of ether oxygens (including phenoxy) is 1. The summed E-state index contributed by atoms with van der Waals surface area (Å²) in [5.74, 6) is -1.59. The van der Waals surface area contributed by atoms with E-state index in [9.17, 15) is 18.0 Å². The minimum Gasteiger partial charge on any atom is -0.406 e. The molecule has 5 nitrogen and oxygen atoms in total. The molecule has 0 spiro atoms. The molecule has 1 aliphatic heterocycles. The number of guanidine groups is 1. The van der Waals surface area contributed by atoms with E-state index in [2.05, 4.69) is 30.8 Å². The van der Waals surface area contributed by atoms with Crippen molar-refractivity contribution in [2.45, 2.75) is 50.9 Å². The van der Waals surface area contributed by atoms with E-state index in [0.29, 0.717) is 11.1 Å². The number of alkyl halides is 3. The normalized spacial score (nSPS) is 22.3. The molecular formula is C23H26F3N3O2. The number of nitrogens with zero attached hydrogens (tertiary/aromatic N) is 1. The maximum atomic E-state index is 13.3. The van der Waals surface area contributed by atoms with Crippen LogP contribution >= 0.6 is 0 Å². The first-order valence-corrected chi connectivity index (χ1v) is 9.83. The maximum Gasteiger partial charge on any atom is 0.573 e. The van der Waals surface area contributed by atoms with E-state index in [1.165, 1.54) is 30.1 Å². The first-order chi connectivity index (χ1) is 14.2. The van der Waals surface area contributed by atoms with E-state index in [4.69, 9.17) is 5.41 Å². The van der Waals surface area contributed by atoms with Crippen LogP contribution in [0.15, 0.2) is 48.5 Å². The Labute approximate surface area is 179 Å². The average Bonchev–Trinajstić information content (AvgIpc) is 2.65. The highest BCUT2D eigenvalue weighted by molar-refractivity contribution is 6.02. The van der Waals surface area contributed by atoms with Gasteiger partial charge in [0.1, 0.15) is 5.75 Å². The summed E-state index contributed by atoms with van der Waals surface area (Å²) in [5.41, 5.74) is 0.976. The molecule has 0 aliphatic carbocycles. The summed E-state index contributed by atoms with van der Waals surface area (Å²) < 4.78 is 42.3. The zero-order valence-corrected chi connectivity index (χ0v) is 18.1. The van der Waals surface area contributed by atoms with Crippen LogP contribution in [-0.4, -0.2) is 30.2 Å². The second-order valence-corrected chi connectivity index (χ2v) is 8.95. The fourth-order valence-corrected chi connectivity index (χ4v) is 3.86. The third-order valence-corrected chi connectivity index (χ3v) is 5.65. The van der Waals surface area contributed by atoms with Gasteiger partial charge >= 0.3 is 6.36 Å². The van der Waals surface area contributed by atoms with Gasteiger partial charge in [-0.15, -0.1) is 13.2 Å². The van der Waals surface area contributed by atoms with E-state index in [1.54, 1.807) is 13.0 Å². The quantitative estimate of drug-likeness (QED) is 0.725. The lowest BCUT2D eigenvalue weighted by molar-refractivity contribution is -0.274. The second-order valence-electron chi connectivity index (χ2n) is 8.95. The molecule has 0 unspecified atom stereocenters. The predicted molar refractivity (Wildman–Crippen MR) is 112 cm³/mol. The molecule has 1 fully saturated rings. The van der Waals surface area contributed by atoms with Gasteiger partial charge in [-0.25, -0.2) is 0 Å². The Morgan fingerprint density at radius 1 is 1.10 bits per heavy atom. The van der Waals surface area contributed by atoms with Crippen LogP contribution in [0.1, 0.15) is 50.3 Å². The maximum absolute atomic E-state index is 13.3. The monoisotopic (exact) mass is 433 g/mol. The van der Waals surface area contributed by atoms with Crippen LogP contribution in [0.2, 0.25) is 0 Å². The molecule has 1 saturated heterocycles. The fourth-order valence-electron chi connectivity index (χ4n) is 3.86. The number of carbonyl (C=O) groups excluding carboxylic acids is 1. The van der Waals surface area contributed by atoms with Gasteiger partial charge in [-0.1, -0.05) is 57.2 Å². The Kier molecular flexibility index (Phi) is 5.54. The van der Waals surface area contributed by atoms with E-state index in [0.717, 1.165) is 5.56 Å². The van der Waals surface area contributed by atoms with Crippen molar-refractivity contribution in [2.24, 2.45) is 0 Å². The van der Waals surface area contributed by atoms with E-state index >= 15 is 0 Å². The van der Waals surface area contributed by atoms with Crippen molar-refractivity contribution < 1.29 is 22.7 Å². The summed E-state index contributed by atoms with van der Waals surface area (Å²) in [5, 5.41) is 11.2. The lowest BCUT2D eigenvalue weighted by Crippen LogP contribution is -2.62. The van der Waals surface area contributed by atoms with Gasteiger partial charge in [-0.05, 0) is 41.2 Å². The smallest absolute Gasteiger partial charge is 0.406 e. The van der Waals surface area contributed by atoms with Crippen molar-refractivity contribution in [2.75, 3.05) is 7.05 Å². The standard InChI is InChI=1S/C23H26F3N3O2/c1-21(2,3)15-11-9-14(10-12-15)18-19(30)29(5)20(27)28-22(18,4)16-7-6-8-17(13-16)31-23(24,25)26/h6-13,18H,1-5H3,(H2,27,28)/t18-,22-/m1/s1. The third kappa shape index (κ3) is 4.52. The molecule has 0 radical (unpaired) electrons. The lowest BCUT2D eigenvalue weighted by atomic mass is 9.73. The van der Waals surface area contributed by atoms with Crippen molar-refractivity contribution in [3.8, 4) is 5.75 Å². The average molecular weight is 433 g/mol. The number of likely N-dealkylation sites (N-methyl/N-ethyl adjacent to an activating group) is 1. The van der Waals surface area contributed by atoms with E-state index < -0.39 is 17.8 Å². The van der Waals surface area contributed by atoms with Crippen LogP contribution in [0.3, 0.4) is 0 Å². The minimum atomic E-state index is -4.83. The van der Waals surface area contributed by atoms with Crippen molar-refractivity contribution in [3.63, 3.8) is 0 Å². The zero-order chi connectivity index (χ0) is 23.2. The number of hydrogen-bond donors (Lipinski definition) is 2. The molecule has 1 amide bonds. The number of benzene rings is 2. The minimum absolute atomic E-state index is 0.0706. The third-order valence-electron chi connectivity index (χ3n) is 5.65. The summed E-state index contributed by atoms with van der Waals surface area (Å²) in [6, 6.07) is 13.1. The summed E-state index contributed by atoms with van der Waals surface area (Å²) in [6.45, 7) is 7.96. The summed E-state index contributed by atoms with van der Waals surface area (Å²) in [7, 11) is 1.50. The molecule has 0 aromatic heterocycles. The molecule has 8 heteroatoms. The predicted octanol–water partition coefficient (Wildman–Crippen LogP) is 4.88. The van der Waals surface area contributed by atoms with Gasteiger partial charge in [0.05, 0.1) is 11.5 Å². The van der Waals surface area contributed by atoms with Gasteiger partial charge in [0.25, 0.3) is 0 Å². The van der Waals surface area contributed by atoms with Gasteiger partial charge in [0.2, 0.25) is 5.91 Å². The molecule has 2 N–H and O–H groups in total. The van der Waals surface area contributed by atoms with Gasteiger partial charge in [-0.3, -0.25) is 15.1 Å². The number of rotatable bonds is 3. The second kappa shape index (κ2) is 7.59.